The van der Waals surface area contributed by atoms with Crippen LogP contribution >= 0.6 is 11.3 Å². The highest BCUT2D eigenvalue weighted by Gasteiger charge is 2.17. The number of fused-ring (bicyclic) bond motifs is 1. The Balaban J connectivity index is 1.97. The Morgan fingerprint density at radius 3 is 2.48 bits per heavy atom. The van der Waals surface area contributed by atoms with Gasteiger partial charge in [-0.05, 0) is 37.1 Å². The van der Waals surface area contributed by atoms with E-state index in [1.807, 2.05) is 38.1 Å². The van der Waals surface area contributed by atoms with Gasteiger partial charge in [0.2, 0.25) is 0 Å². The molecule has 0 aliphatic carbocycles. The van der Waals surface area contributed by atoms with Crippen molar-refractivity contribution in [3.8, 4) is 22.5 Å². The van der Waals surface area contributed by atoms with Crippen molar-refractivity contribution in [1.82, 2.24) is 9.97 Å². The minimum absolute atomic E-state index is 0.174. The van der Waals surface area contributed by atoms with Gasteiger partial charge in [0, 0.05) is 16.0 Å². The first kappa shape index (κ1) is 15.7. The second kappa shape index (κ2) is 5.93. The van der Waals surface area contributed by atoms with Gasteiger partial charge in [-0.2, -0.15) is 0 Å². The SMILES string of the molecule is Cc1ccccc1-c1nc2sc(C)c(-c3ccc(F)cc3)c2c(=O)[nH]1. The molecule has 0 spiro atoms. The standard InChI is InChI=1S/C20H15FN2OS/c1-11-5-3-4-6-15(11)18-22-19(24)17-16(12(2)25-20(17)23-18)13-7-9-14(21)10-8-13/h3-10H,1-2H3,(H,22,23,24). The maximum Gasteiger partial charge on any atom is 0.260 e. The first-order chi connectivity index (χ1) is 12.0. The summed E-state index contributed by atoms with van der Waals surface area (Å²) in [4.78, 5) is 22.1. The van der Waals surface area contributed by atoms with Crippen LogP contribution in [-0.2, 0) is 0 Å². The molecule has 0 aliphatic heterocycles. The number of H-pyrrole nitrogens is 1. The van der Waals surface area contributed by atoms with Gasteiger partial charge in [0.25, 0.3) is 5.56 Å². The fraction of sp³-hybridized carbons (Fsp3) is 0.100. The number of thiophene rings is 1. The molecule has 3 nitrogen and oxygen atoms in total. The lowest BCUT2D eigenvalue weighted by atomic mass is 10.0. The van der Waals surface area contributed by atoms with E-state index < -0.39 is 0 Å². The maximum atomic E-state index is 13.2. The second-order valence-electron chi connectivity index (χ2n) is 5.95. The van der Waals surface area contributed by atoms with Gasteiger partial charge in [0.1, 0.15) is 16.5 Å². The molecular formula is C20H15FN2OS. The molecule has 4 rings (SSSR count). The fourth-order valence-electron chi connectivity index (χ4n) is 3.05. The van der Waals surface area contributed by atoms with Crippen molar-refractivity contribution in [2.24, 2.45) is 0 Å². The summed E-state index contributed by atoms with van der Waals surface area (Å²) < 4.78 is 13.2. The van der Waals surface area contributed by atoms with Crippen molar-refractivity contribution in [3.05, 3.63) is 75.1 Å². The van der Waals surface area contributed by atoms with Crippen LogP contribution < -0.4 is 5.56 Å². The minimum atomic E-state index is -0.296. The number of hydrogen-bond acceptors (Lipinski definition) is 3. The zero-order valence-electron chi connectivity index (χ0n) is 13.8. The van der Waals surface area contributed by atoms with Gasteiger partial charge >= 0.3 is 0 Å². The van der Waals surface area contributed by atoms with Crippen LogP contribution in [0.25, 0.3) is 32.7 Å². The fourth-order valence-corrected chi connectivity index (χ4v) is 4.10. The second-order valence-corrected chi connectivity index (χ2v) is 7.15. The summed E-state index contributed by atoms with van der Waals surface area (Å²) in [5.74, 6) is 0.275. The Morgan fingerprint density at radius 2 is 1.76 bits per heavy atom. The number of nitrogens with zero attached hydrogens (tertiary/aromatic N) is 1. The van der Waals surface area contributed by atoms with Gasteiger partial charge in [-0.15, -0.1) is 11.3 Å². The number of aromatic amines is 1. The molecule has 0 amide bonds. The molecule has 2 heterocycles. The van der Waals surface area contributed by atoms with Crippen LogP contribution in [0.3, 0.4) is 0 Å². The molecule has 0 atom stereocenters. The molecular weight excluding hydrogens is 335 g/mol. The summed E-state index contributed by atoms with van der Waals surface area (Å²) in [6.45, 7) is 3.95. The van der Waals surface area contributed by atoms with Crippen molar-refractivity contribution >= 4 is 21.6 Å². The highest BCUT2D eigenvalue weighted by atomic mass is 32.1. The number of benzene rings is 2. The lowest BCUT2D eigenvalue weighted by molar-refractivity contribution is 0.628. The Morgan fingerprint density at radius 1 is 1.04 bits per heavy atom. The number of nitrogens with one attached hydrogen (secondary N) is 1. The van der Waals surface area contributed by atoms with Gasteiger partial charge in [-0.3, -0.25) is 4.79 Å². The summed E-state index contributed by atoms with van der Waals surface area (Å²) in [5, 5.41) is 0.562. The molecule has 0 bridgehead atoms. The summed E-state index contributed by atoms with van der Waals surface area (Å²) in [7, 11) is 0. The van der Waals surface area contributed by atoms with Crippen molar-refractivity contribution in [1.29, 1.82) is 0 Å². The average molecular weight is 350 g/mol. The molecule has 2 aromatic carbocycles. The molecule has 4 aromatic rings. The van der Waals surface area contributed by atoms with Gasteiger partial charge in [0.15, 0.2) is 0 Å². The monoisotopic (exact) mass is 350 g/mol. The van der Waals surface area contributed by atoms with Crippen LogP contribution in [-0.4, -0.2) is 9.97 Å². The zero-order valence-corrected chi connectivity index (χ0v) is 14.6. The number of aryl methyl sites for hydroxylation is 2. The van der Waals surface area contributed by atoms with Gasteiger partial charge in [0.05, 0.1) is 5.39 Å². The topological polar surface area (TPSA) is 45.8 Å². The van der Waals surface area contributed by atoms with E-state index in [-0.39, 0.29) is 11.4 Å². The number of halogens is 1. The molecule has 0 unspecified atom stereocenters. The van der Waals surface area contributed by atoms with Crippen LogP contribution in [0, 0.1) is 19.7 Å². The highest BCUT2D eigenvalue weighted by molar-refractivity contribution is 7.19. The van der Waals surface area contributed by atoms with Crippen molar-refractivity contribution in [2.45, 2.75) is 13.8 Å². The maximum absolute atomic E-state index is 13.2. The molecule has 0 saturated heterocycles. The first-order valence-electron chi connectivity index (χ1n) is 7.90. The van der Waals surface area contributed by atoms with E-state index in [1.54, 1.807) is 12.1 Å². The molecule has 0 radical (unpaired) electrons. The number of aromatic nitrogens is 2. The Kier molecular flexibility index (Phi) is 3.73. The van der Waals surface area contributed by atoms with Gasteiger partial charge in [-0.1, -0.05) is 36.4 Å². The van der Waals surface area contributed by atoms with Crippen LogP contribution in [0.4, 0.5) is 4.39 Å². The van der Waals surface area contributed by atoms with Gasteiger partial charge in [-0.25, -0.2) is 9.37 Å². The van der Waals surface area contributed by atoms with Crippen molar-refractivity contribution in [3.63, 3.8) is 0 Å². The van der Waals surface area contributed by atoms with Crippen LogP contribution in [0.2, 0.25) is 0 Å². The molecule has 1 N–H and O–H groups in total. The minimum Gasteiger partial charge on any atom is -0.306 e. The van der Waals surface area contributed by atoms with Crippen LogP contribution in [0.5, 0.6) is 0 Å². The molecule has 0 aliphatic rings. The molecule has 0 saturated carbocycles. The third kappa shape index (κ3) is 2.66. The highest BCUT2D eigenvalue weighted by Crippen LogP contribution is 2.36. The van der Waals surface area contributed by atoms with E-state index in [1.165, 1.54) is 23.5 Å². The molecule has 0 fully saturated rings. The third-order valence-corrected chi connectivity index (χ3v) is 5.27. The quantitative estimate of drug-likeness (QED) is 0.548. The molecule has 124 valence electrons. The summed E-state index contributed by atoms with van der Waals surface area (Å²) in [6, 6.07) is 14.0. The third-order valence-electron chi connectivity index (χ3n) is 4.27. The molecule has 25 heavy (non-hydrogen) atoms. The summed E-state index contributed by atoms with van der Waals surface area (Å²) >= 11 is 1.48. The van der Waals surface area contributed by atoms with Crippen LogP contribution in [0.1, 0.15) is 10.4 Å². The van der Waals surface area contributed by atoms with Gasteiger partial charge < -0.3 is 4.98 Å². The van der Waals surface area contributed by atoms with E-state index in [9.17, 15) is 9.18 Å². The summed E-state index contributed by atoms with van der Waals surface area (Å²) in [6.07, 6.45) is 0. The Labute approximate surface area is 147 Å². The van der Waals surface area contributed by atoms with E-state index >= 15 is 0 Å². The van der Waals surface area contributed by atoms with E-state index in [4.69, 9.17) is 0 Å². The van der Waals surface area contributed by atoms with Crippen LogP contribution in [0.15, 0.2) is 53.3 Å². The number of rotatable bonds is 2. The number of hydrogen-bond donors (Lipinski definition) is 1. The Bertz CT molecular complexity index is 1140. The molecule has 2 aromatic heterocycles. The first-order valence-corrected chi connectivity index (χ1v) is 8.71. The predicted molar refractivity (Wildman–Crippen MR) is 101 cm³/mol. The average Bonchev–Trinajstić information content (AvgIpc) is 2.92. The van der Waals surface area contributed by atoms with E-state index in [2.05, 4.69) is 9.97 Å². The van der Waals surface area contributed by atoms with Crippen molar-refractivity contribution in [2.75, 3.05) is 0 Å². The van der Waals surface area contributed by atoms with E-state index in [0.29, 0.717) is 16.0 Å². The largest absolute Gasteiger partial charge is 0.306 e. The van der Waals surface area contributed by atoms with Crippen molar-refractivity contribution < 1.29 is 4.39 Å². The Hall–Kier alpha value is -2.79. The molecule has 5 heteroatoms. The lowest BCUT2D eigenvalue weighted by Gasteiger charge is -2.05. The zero-order chi connectivity index (χ0) is 17.6. The predicted octanol–water partition coefficient (Wildman–Crippen LogP) is 5.07. The van der Waals surface area contributed by atoms with E-state index in [0.717, 1.165) is 27.1 Å². The summed E-state index contributed by atoms with van der Waals surface area (Å²) in [5.41, 5.74) is 3.44. The lowest BCUT2D eigenvalue weighted by Crippen LogP contribution is -2.09. The smallest absolute Gasteiger partial charge is 0.260 e. The normalized spacial score (nSPS) is 11.2.